The van der Waals surface area contributed by atoms with Gasteiger partial charge < -0.3 is 5.11 Å². The number of para-hydroxylation sites is 1. The van der Waals surface area contributed by atoms with Gasteiger partial charge in [0, 0.05) is 35.8 Å². The Morgan fingerprint density at radius 3 is 2.55 bits per heavy atom. The fourth-order valence-corrected chi connectivity index (χ4v) is 3.69. The first kappa shape index (κ1) is 20.0. The molecule has 31 heavy (non-hydrogen) atoms. The Hall–Kier alpha value is -4.33. The number of carbonyl (C=O) groups excluding carboxylic acids is 2. The number of nitrogens with zero attached hydrogens (tertiary/aromatic N) is 3. The topological polar surface area (TPSA) is 114 Å². The highest BCUT2D eigenvalue weighted by atomic mass is 16.6. The van der Waals surface area contributed by atoms with Crippen LogP contribution in [0, 0.1) is 17.0 Å². The van der Waals surface area contributed by atoms with Gasteiger partial charge >= 0.3 is 0 Å². The molecule has 2 heterocycles. The first-order chi connectivity index (χ1) is 14.9. The third-order valence-corrected chi connectivity index (χ3v) is 5.15. The summed E-state index contributed by atoms with van der Waals surface area (Å²) in [5.74, 6) is -2.15. The third-order valence-electron chi connectivity index (χ3n) is 5.15. The molecule has 0 saturated carbocycles. The SMILES string of the molecule is Cc1ccccc1N1C(=O)C(=O)/C(=C(\O)c2cccc([N+](=O)[O-])c2)C1c1cccnc1. The van der Waals surface area contributed by atoms with Crippen molar-refractivity contribution < 1.29 is 19.6 Å². The summed E-state index contributed by atoms with van der Waals surface area (Å²) in [4.78, 5) is 42.1. The average molecular weight is 415 g/mol. The van der Waals surface area contributed by atoms with Crippen molar-refractivity contribution >= 4 is 28.8 Å². The normalized spacial score (nSPS) is 17.7. The number of rotatable bonds is 4. The van der Waals surface area contributed by atoms with E-state index in [1.165, 1.54) is 29.3 Å². The van der Waals surface area contributed by atoms with Crippen molar-refractivity contribution in [2.24, 2.45) is 0 Å². The van der Waals surface area contributed by atoms with Crippen molar-refractivity contribution in [1.82, 2.24) is 4.98 Å². The number of amides is 1. The number of aliphatic hydroxyl groups excluding tert-OH is 1. The van der Waals surface area contributed by atoms with E-state index in [9.17, 15) is 24.8 Å². The number of aryl methyl sites for hydroxylation is 1. The van der Waals surface area contributed by atoms with Gasteiger partial charge in [-0.15, -0.1) is 0 Å². The summed E-state index contributed by atoms with van der Waals surface area (Å²) in [7, 11) is 0. The number of Topliss-reactive ketones (excluding diaryl/α,β-unsaturated/α-hetero) is 1. The molecule has 1 aromatic heterocycles. The van der Waals surface area contributed by atoms with Gasteiger partial charge in [-0.05, 0) is 30.2 Å². The molecule has 1 N–H and O–H groups in total. The quantitative estimate of drug-likeness (QED) is 0.227. The fraction of sp³-hybridized carbons (Fsp3) is 0.0870. The van der Waals surface area contributed by atoms with Gasteiger partial charge in [-0.2, -0.15) is 0 Å². The van der Waals surface area contributed by atoms with E-state index in [4.69, 9.17) is 0 Å². The van der Waals surface area contributed by atoms with Crippen LogP contribution < -0.4 is 4.90 Å². The minimum Gasteiger partial charge on any atom is -0.507 e. The minimum atomic E-state index is -0.936. The number of carbonyl (C=O) groups is 2. The van der Waals surface area contributed by atoms with Crippen LogP contribution in [-0.4, -0.2) is 26.7 Å². The molecule has 0 bridgehead atoms. The molecule has 1 saturated heterocycles. The molecule has 0 radical (unpaired) electrons. The van der Waals surface area contributed by atoms with Crippen molar-refractivity contribution in [3.63, 3.8) is 0 Å². The van der Waals surface area contributed by atoms with Crippen molar-refractivity contribution in [3.8, 4) is 0 Å². The number of non-ortho nitro benzene ring substituents is 1. The van der Waals surface area contributed by atoms with Crippen molar-refractivity contribution in [3.05, 3.63) is 105 Å². The molecule has 2 aromatic carbocycles. The highest BCUT2D eigenvalue weighted by Crippen LogP contribution is 2.42. The Balaban J connectivity index is 1.96. The van der Waals surface area contributed by atoms with Gasteiger partial charge in [0.05, 0.1) is 16.5 Å². The number of aromatic nitrogens is 1. The number of ketones is 1. The summed E-state index contributed by atoms with van der Waals surface area (Å²) >= 11 is 0. The Kier molecular flexibility index (Phi) is 5.04. The highest BCUT2D eigenvalue weighted by Gasteiger charge is 2.47. The van der Waals surface area contributed by atoms with E-state index in [0.717, 1.165) is 11.6 Å². The molecule has 1 fully saturated rings. The lowest BCUT2D eigenvalue weighted by Gasteiger charge is -2.26. The van der Waals surface area contributed by atoms with Crippen LogP contribution in [0.4, 0.5) is 11.4 Å². The van der Waals surface area contributed by atoms with E-state index < -0.39 is 28.4 Å². The smallest absolute Gasteiger partial charge is 0.300 e. The third kappa shape index (κ3) is 3.44. The molecular weight excluding hydrogens is 398 g/mol. The summed E-state index contributed by atoms with van der Waals surface area (Å²) in [6.45, 7) is 1.81. The molecule has 0 aliphatic carbocycles. The van der Waals surface area contributed by atoms with Gasteiger partial charge in [0.2, 0.25) is 0 Å². The van der Waals surface area contributed by atoms with Crippen molar-refractivity contribution in [1.29, 1.82) is 0 Å². The molecule has 0 spiro atoms. The van der Waals surface area contributed by atoms with Crippen LogP contribution >= 0.6 is 0 Å². The van der Waals surface area contributed by atoms with Crippen molar-refractivity contribution in [2.45, 2.75) is 13.0 Å². The number of hydrogen-bond acceptors (Lipinski definition) is 6. The zero-order valence-electron chi connectivity index (χ0n) is 16.4. The monoisotopic (exact) mass is 415 g/mol. The van der Waals surface area contributed by atoms with E-state index in [2.05, 4.69) is 4.98 Å². The molecular formula is C23H17N3O5. The summed E-state index contributed by atoms with van der Waals surface area (Å²) in [5.41, 5.74) is 1.50. The van der Waals surface area contributed by atoms with Gasteiger partial charge in [-0.1, -0.05) is 36.4 Å². The number of anilines is 1. The maximum Gasteiger partial charge on any atom is 0.300 e. The van der Waals surface area contributed by atoms with E-state index in [0.29, 0.717) is 11.3 Å². The lowest BCUT2D eigenvalue weighted by atomic mass is 9.96. The van der Waals surface area contributed by atoms with E-state index in [1.54, 1.807) is 30.5 Å². The maximum absolute atomic E-state index is 13.1. The van der Waals surface area contributed by atoms with Crippen molar-refractivity contribution in [2.75, 3.05) is 4.90 Å². The molecule has 4 rings (SSSR count). The van der Waals surface area contributed by atoms with E-state index in [-0.39, 0.29) is 16.8 Å². The second-order valence-electron chi connectivity index (χ2n) is 7.05. The Labute approximate surface area is 177 Å². The fourth-order valence-electron chi connectivity index (χ4n) is 3.69. The summed E-state index contributed by atoms with van der Waals surface area (Å²) in [6, 6.07) is 14.8. The predicted octanol–water partition coefficient (Wildman–Crippen LogP) is 3.92. The zero-order chi connectivity index (χ0) is 22.1. The van der Waals surface area contributed by atoms with Gasteiger partial charge in [-0.3, -0.25) is 29.6 Å². The highest BCUT2D eigenvalue weighted by molar-refractivity contribution is 6.51. The molecule has 154 valence electrons. The second kappa shape index (κ2) is 7.83. The minimum absolute atomic E-state index is 0.0749. The number of hydrogen-bond donors (Lipinski definition) is 1. The molecule has 8 nitrogen and oxygen atoms in total. The summed E-state index contributed by atoms with van der Waals surface area (Å²) in [5, 5.41) is 22.2. The van der Waals surface area contributed by atoms with Gasteiger partial charge in [-0.25, -0.2) is 0 Å². The number of nitro benzene ring substituents is 1. The summed E-state index contributed by atoms with van der Waals surface area (Å²) < 4.78 is 0. The first-order valence-corrected chi connectivity index (χ1v) is 9.41. The molecule has 1 unspecified atom stereocenters. The molecule has 3 aromatic rings. The van der Waals surface area contributed by atoms with Crippen LogP contribution in [0.5, 0.6) is 0 Å². The Bertz CT molecular complexity index is 1240. The van der Waals surface area contributed by atoms with Gasteiger partial charge in [0.1, 0.15) is 5.76 Å². The van der Waals surface area contributed by atoms with Crippen LogP contribution in [0.1, 0.15) is 22.7 Å². The van der Waals surface area contributed by atoms with Crippen LogP contribution in [-0.2, 0) is 9.59 Å². The standard InChI is InChI=1S/C23H17N3O5/c1-14-6-2-3-10-18(14)25-20(16-8-5-11-24-13-16)19(22(28)23(25)29)21(27)15-7-4-9-17(12-15)26(30)31/h2-13,20,27H,1H3/b21-19-. The zero-order valence-corrected chi connectivity index (χ0v) is 16.4. The van der Waals surface area contributed by atoms with Crippen LogP contribution in [0.2, 0.25) is 0 Å². The number of nitro groups is 1. The largest absolute Gasteiger partial charge is 0.507 e. The lowest BCUT2D eigenvalue weighted by molar-refractivity contribution is -0.384. The summed E-state index contributed by atoms with van der Waals surface area (Å²) in [6.07, 6.45) is 3.08. The molecule has 8 heteroatoms. The second-order valence-corrected chi connectivity index (χ2v) is 7.05. The van der Waals surface area contributed by atoms with Gasteiger partial charge in [0.15, 0.2) is 0 Å². The molecule has 1 aliphatic rings. The molecule has 1 aliphatic heterocycles. The lowest BCUT2D eigenvalue weighted by Crippen LogP contribution is -2.30. The maximum atomic E-state index is 13.1. The van der Waals surface area contributed by atoms with E-state index in [1.807, 2.05) is 19.1 Å². The van der Waals surface area contributed by atoms with E-state index >= 15 is 0 Å². The van der Waals surface area contributed by atoms with Gasteiger partial charge in [0.25, 0.3) is 17.4 Å². The number of aliphatic hydroxyl groups is 1. The average Bonchev–Trinajstić information content (AvgIpc) is 3.05. The first-order valence-electron chi connectivity index (χ1n) is 9.41. The number of benzene rings is 2. The van der Waals surface area contributed by atoms with Crippen LogP contribution in [0.15, 0.2) is 78.6 Å². The Morgan fingerprint density at radius 2 is 1.87 bits per heavy atom. The number of pyridine rings is 1. The Morgan fingerprint density at radius 1 is 1.10 bits per heavy atom. The van der Waals surface area contributed by atoms with Crippen LogP contribution in [0.3, 0.4) is 0 Å². The molecule has 1 atom stereocenters. The predicted molar refractivity (Wildman–Crippen MR) is 113 cm³/mol. The van der Waals surface area contributed by atoms with Crippen LogP contribution in [0.25, 0.3) is 5.76 Å². The molecule has 1 amide bonds.